The second-order valence-corrected chi connectivity index (χ2v) is 6.38. The molecule has 0 radical (unpaired) electrons. The summed E-state index contributed by atoms with van der Waals surface area (Å²) in [4.78, 5) is 9.26. The van der Waals surface area contributed by atoms with Crippen LogP contribution in [0.4, 0.5) is 4.39 Å². The fourth-order valence-corrected chi connectivity index (χ4v) is 3.25. The summed E-state index contributed by atoms with van der Waals surface area (Å²) in [7, 11) is 0. The molecule has 6 heteroatoms. The number of aliphatic imine (C=N–C) groups is 1. The number of fused-ring (bicyclic) bond motifs is 1. The highest BCUT2D eigenvalue weighted by molar-refractivity contribution is 6.05. The highest BCUT2D eigenvalue weighted by Gasteiger charge is 2.18. The van der Waals surface area contributed by atoms with Gasteiger partial charge in [0.05, 0.1) is 12.1 Å². The van der Waals surface area contributed by atoms with Gasteiger partial charge in [-0.15, -0.1) is 5.10 Å². The van der Waals surface area contributed by atoms with Crippen LogP contribution in [-0.4, -0.2) is 33.5 Å². The monoisotopic (exact) mass is 357 g/mol. The van der Waals surface area contributed by atoms with Crippen molar-refractivity contribution in [2.75, 3.05) is 13.1 Å². The van der Waals surface area contributed by atoms with Crippen molar-refractivity contribution in [1.29, 1.82) is 0 Å². The number of nitrogens with zero attached hydrogens (tertiary/aromatic N) is 4. The van der Waals surface area contributed by atoms with Gasteiger partial charge in [-0.2, -0.15) is 0 Å². The maximum Gasteiger partial charge on any atom is 0.182 e. The third-order valence-corrected chi connectivity index (χ3v) is 4.57. The lowest BCUT2D eigenvalue weighted by Gasteiger charge is -2.08. The van der Waals surface area contributed by atoms with E-state index in [0.29, 0.717) is 5.82 Å². The molecule has 1 aliphatic heterocycles. The molecule has 0 aliphatic carbocycles. The van der Waals surface area contributed by atoms with E-state index < -0.39 is 0 Å². The van der Waals surface area contributed by atoms with Gasteiger partial charge in [-0.25, -0.2) is 13.9 Å². The van der Waals surface area contributed by atoms with Crippen molar-refractivity contribution >= 4 is 11.5 Å². The van der Waals surface area contributed by atoms with Crippen LogP contribution in [0, 0.1) is 5.82 Å². The van der Waals surface area contributed by atoms with Crippen LogP contribution < -0.4 is 5.32 Å². The predicted molar refractivity (Wildman–Crippen MR) is 103 cm³/mol. The average Bonchev–Trinajstić information content (AvgIpc) is 3.38. The SMILES string of the molecule is Fc1ccc(-c2nc3c(C4=NCCN4)cc(-c4ccccc4)cn3n2)cc1. The lowest BCUT2D eigenvalue weighted by Crippen LogP contribution is -2.20. The van der Waals surface area contributed by atoms with Gasteiger partial charge in [-0.05, 0) is 35.9 Å². The molecule has 1 N–H and O–H groups in total. The lowest BCUT2D eigenvalue weighted by atomic mass is 10.1. The van der Waals surface area contributed by atoms with Gasteiger partial charge in [-0.3, -0.25) is 4.99 Å². The number of aromatic nitrogens is 3. The molecule has 0 amide bonds. The van der Waals surface area contributed by atoms with Crippen LogP contribution in [0.3, 0.4) is 0 Å². The maximum atomic E-state index is 13.2. The van der Waals surface area contributed by atoms with Crippen molar-refractivity contribution in [1.82, 2.24) is 19.9 Å². The molecule has 0 spiro atoms. The molecule has 132 valence electrons. The number of rotatable bonds is 3. The molecule has 3 heterocycles. The van der Waals surface area contributed by atoms with E-state index in [1.807, 2.05) is 24.4 Å². The molecule has 0 saturated carbocycles. The van der Waals surface area contributed by atoms with Crippen LogP contribution >= 0.6 is 0 Å². The molecular weight excluding hydrogens is 341 g/mol. The van der Waals surface area contributed by atoms with Gasteiger partial charge in [0.15, 0.2) is 11.5 Å². The van der Waals surface area contributed by atoms with E-state index in [-0.39, 0.29) is 5.82 Å². The van der Waals surface area contributed by atoms with Gasteiger partial charge >= 0.3 is 0 Å². The number of benzene rings is 2. The first-order chi connectivity index (χ1) is 13.3. The van der Waals surface area contributed by atoms with E-state index in [4.69, 9.17) is 4.98 Å². The van der Waals surface area contributed by atoms with Gasteiger partial charge in [0.2, 0.25) is 0 Å². The Kier molecular flexibility index (Phi) is 3.67. The number of amidine groups is 1. The van der Waals surface area contributed by atoms with E-state index in [1.54, 1.807) is 16.6 Å². The highest BCUT2D eigenvalue weighted by Crippen LogP contribution is 2.25. The first-order valence-corrected chi connectivity index (χ1v) is 8.78. The summed E-state index contributed by atoms with van der Waals surface area (Å²) >= 11 is 0. The Morgan fingerprint density at radius 2 is 1.74 bits per heavy atom. The van der Waals surface area contributed by atoms with E-state index in [1.165, 1.54) is 12.1 Å². The Bertz CT molecular complexity index is 1150. The van der Waals surface area contributed by atoms with Crippen molar-refractivity contribution in [3.63, 3.8) is 0 Å². The minimum absolute atomic E-state index is 0.279. The van der Waals surface area contributed by atoms with Crippen molar-refractivity contribution in [3.05, 3.63) is 78.2 Å². The molecule has 0 unspecified atom stereocenters. The molecule has 0 saturated heterocycles. The second kappa shape index (κ2) is 6.32. The molecular formula is C21H16FN5. The van der Waals surface area contributed by atoms with Crippen molar-refractivity contribution in [2.45, 2.75) is 0 Å². The average molecular weight is 357 g/mol. The van der Waals surface area contributed by atoms with Crippen LogP contribution in [0.15, 0.2) is 71.9 Å². The Morgan fingerprint density at radius 3 is 2.48 bits per heavy atom. The van der Waals surface area contributed by atoms with E-state index in [9.17, 15) is 4.39 Å². The predicted octanol–water partition coefficient (Wildman–Crippen LogP) is 3.55. The van der Waals surface area contributed by atoms with Gasteiger partial charge in [-0.1, -0.05) is 30.3 Å². The fraction of sp³-hybridized carbons (Fsp3) is 0.0952. The summed E-state index contributed by atoms with van der Waals surface area (Å²) in [6, 6.07) is 18.4. The number of hydrogen-bond donors (Lipinski definition) is 1. The molecule has 0 fully saturated rings. The number of halogens is 1. The van der Waals surface area contributed by atoms with Gasteiger partial charge < -0.3 is 5.32 Å². The van der Waals surface area contributed by atoms with E-state index in [2.05, 4.69) is 33.6 Å². The van der Waals surface area contributed by atoms with E-state index >= 15 is 0 Å². The maximum absolute atomic E-state index is 13.2. The minimum Gasteiger partial charge on any atom is -0.368 e. The summed E-state index contributed by atoms with van der Waals surface area (Å²) in [5.74, 6) is 1.11. The van der Waals surface area contributed by atoms with Crippen LogP contribution in [0.25, 0.3) is 28.2 Å². The van der Waals surface area contributed by atoms with Crippen molar-refractivity contribution in [3.8, 4) is 22.5 Å². The Labute approximate surface area is 155 Å². The smallest absolute Gasteiger partial charge is 0.182 e. The zero-order valence-electron chi connectivity index (χ0n) is 14.4. The fourth-order valence-electron chi connectivity index (χ4n) is 3.25. The summed E-state index contributed by atoms with van der Waals surface area (Å²) in [5.41, 5.74) is 4.54. The Morgan fingerprint density at radius 1 is 0.926 bits per heavy atom. The topological polar surface area (TPSA) is 54.6 Å². The van der Waals surface area contributed by atoms with E-state index in [0.717, 1.165) is 46.8 Å². The summed E-state index contributed by atoms with van der Waals surface area (Å²) in [6.45, 7) is 1.56. The van der Waals surface area contributed by atoms with Gasteiger partial charge in [0.25, 0.3) is 0 Å². The summed E-state index contributed by atoms with van der Waals surface area (Å²) in [6.07, 6.45) is 1.96. The normalized spacial score (nSPS) is 13.6. The zero-order valence-corrected chi connectivity index (χ0v) is 14.4. The first kappa shape index (κ1) is 15.7. The molecule has 4 aromatic rings. The molecule has 2 aromatic heterocycles. The number of nitrogens with one attached hydrogen (secondary N) is 1. The Hall–Kier alpha value is -3.54. The van der Waals surface area contributed by atoms with Crippen LogP contribution in [-0.2, 0) is 0 Å². The van der Waals surface area contributed by atoms with Crippen LogP contribution in [0.2, 0.25) is 0 Å². The lowest BCUT2D eigenvalue weighted by molar-refractivity contribution is 0.628. The summed E-state index contributed by atoms with van der Waals surface area (Å²) in [5, 5.41) is 7.95. The third kappa shape index (κ3) is 2.85. The molecule has 5 nitrogen and oxygen atoms in total. The largest absolute Gasteiger partial charge is 0.368 e. The highest BCUT2D eigenvalue weighted by atomic mass is 19.1. The molecule has 2 aromatic carbocycles. The van der Waals surface area contributed by atoms with Crippen LogP contribution in [0.5, 0.6) is 0 Å². The first-order valence-electron chi connectivity index (χ1n) is 8.78. The molecule has 0 bridgehead atoms. The standard InChI is InChI=1S/C21H16FN5/c22-17-8-6-15(7-9-17)19-25-21-18(20-23-10-11-24-20)12-16(13-27(21)26-19)14-4-2-1-3-5-14/h1-9,12-13H,10-11H2,(H,23,24). The Balaban J connectivity index is 1.72. The quantitative estimate of drug-likeness (QED) is 0.610. The number of hydrogen-bond acceptors (Lipinski definition) is 4. The summed E-state index contributed by atoms with van der Waals surface area (Å²) < 4.78 is 15.0. The van der Waals surface area contributed by atoms with Crippen molar-refractivity contribution in [2.24, 2.45) is 4.99 Å². The third-order valence-electron chi connectivity index (χ3n) is 4.57. The second-order valence-electron chi connectivity index (χ2n) is 6.38. The molecule has 27 heavy (non-hydrogen) atoms. The van der Waals surface area contributed by atoms with Gasteiger partial charge in [0.1, 0.15) is 11.7 Å². The number of pyridine rings is 1. The van der Waals surface area contributed by atoms with Crippen LogP contribution in [0.1, 0.15) is 5.56 Å². The molecule has 1 aliphatic rings. The molecule has 5 rings (SSSR count). The minimum atomic E-state index is -0.279. The van der Waals surface area contributed by atoms with Crippen molar-refractivity contribution < 1.29 is 4.39 Å². The zero-order chi connectivity index (χ0) is 18.2. The van der Waals surface area contributed by atoms with Gasteiger partial charge in [0, 0.05) is 23.9 Å². The molecule has 0 atom stereocenters.